The molecule has 0 saturated carbocycles. The summed E-state index contributed by atoms with van der Waals surface area (Å²) < 4.78 is 0. The van der Waals surface area contributed by atoms with Crippen LogP contribution < -0.4 is 16.0 Å². The largest absolute Gasteiger partial charge is 0.338 e. The quantitative estimate of drug-likeness (QED) is 0.643. The van der Waals surface area contributed by atoms with Crippen LogP contribution in [0, 0.1) is 0 Å². The number of carbonyl (C=O) groups excluding carboxylic acids is 2. The van der Waals surface area contributed by atoms with E-state index in [4.69, 9.17) is 0 Å². The molecule has 116 valence electrons. The monoisotopic (exact) mass is 284 g/mol. The van der Waals surface area contributed by atoms with Crippen molar-refractivity contribution in [2.24, 2.45) is 0 Å². The zero-order valence-electron chi connectivity index (χ0n) is 12.7. The fourth-order valence-electron chi connectivity index (χ4n) is 2.35. The second-order valence-electron chi connectivity index (χ2n) is 5.28. The van der Waals surface area contributed by atoms with E-state index >= 15 is 0 Å². The Balaban J connectivity index is 2.27. The van der Waals surface area contributed by atoms with Crippen molar-refractivity contribution in [2.75, 3.05) is 32.7 Å². The van der Waals surface area contributed by atoms with Gasteiger partial charge in [0.15, 0.2) is 0 Å². The van der Waals surface area contributed by atoms with Crippen molar-refractivity contribution in [3.05, 3.63) is 0 Å². The second kappa shape index (κ2) is 9.72. The minimum absolute atomic E-state index is 0.240. The predicted molar refractivity (Wildman–Crippen MR) is 79.6 cm³/mol. The molecule has 0 aromatic carbocycles. The normalized spacial score (nSPS) is 18.9. The van der Waals surface area contributed by atoms with Gasteiger partial charge in [-0.15, -0.1) is 0 Å². The van der Waals surface area contributed by atoms with Gasteiger partial charge < -0.3 is 10.6 Å². The number of piperidine rings is 1. The smallest absolute Gasteiger partial charge is 0.321 e. The number of likely N-dealkylation sites (N-methyl/N-ethyl adjacent to an activating group) is 1. The van der Waals surface area contributed by atoms with Gasteiger partial charge in [-0.05, 0) is 32.4 Å². The summed E-state index contributed by atoms with van der Waals surface area (Å²) in [6.07, 6.45) is 4.51. The molecule has 0 aromatic rings. The average Bonchev–Trinajstić information content (AvgIpc) is 2.45. The van der Waals surface area contributed by atoms with Gasteiger partial charge in [0.05, 0.1) is 6.54 Å². The summed E-state index contributed by atoms with van der Waals surface area (Å²) in [5.74, 6) is -0.240. The summed E-state index contributed by atoms with van der Waals surface area (Å²) in [5, 5.41) is 8.47. The first-order valence-corrected chi connectivity index (χ1v) is 7.69. The van der Waals surface area contributed by atoms with Crippen LogP contribution in [0.1, 0.15) is 39.5 Å². The van der Waals surface area contributed by atoms with Crippen molar-refractivity contribution in [2.45, 2.75) is 45.6 Å². The number of rotatable bonds is 7. The number of hydrogen-bond acceptors (Lipinski definition) is 4. The second-order valence-corrected chi connectivity index (χ2v) is 5.28. The molecule has 3 amide bonds. The molecule has 1 unspecified atom stereocenters. The van der Waals surface area contributed by atoms with Crippen LogP contribution in [0.2, 0.25) is 0 Å². The molecule has 1 rings (SSSR count). The molecule has 1 aliphatic heterocycles. The number of imide groups is 1. The molecule has 20 heavy (non-hydrogen) atoms. The Morgan fingerprint density at radius 3 is 2.70 bits per heavy atom. The molecular weight excluding hydrogens is 256 g/mol. The number of amides is 3. The molecule has 1 fully saturated rings. The van der Waals surface area contributed by atoms with Gasteiger partial charge >= 0.3 is 6.03 Å². The predicted octanol–water partition coefficient (Wildman–Crippen LogP) is 0.686. The van der Waals surface area contributed by atoms with E-state index in [2.05, 4.69) is 20.9 Å². The third kappa shape index (κ3) is 6.86. The molecule has 0 bridgehead atoms. The highest BCUT2D eigenvalue weighted by Gasteiger charge is 2.18. The highest BCUT2D eigenvalue weighted by atomic mass is 16.2. The van der Waals surface area contributed by atoms with Gasteiger partial charge in [-0.1, -0.05) is 20.3 Å². The lowest BCUT2D eigenvalue weighted by atomic mass is 10.0. The SMILES string of the molecule is CCCNC(=O)NC(=O)CN(CC)CC1CCCCN1. The molecule has 0 aliphatic carbocycles. The molecule has 0 radical (unpaired) electrons. The average molecular weight is 284 g/mol. The van der Waals surface area contributed by atoms with E-state index in [1.807, 2.05) is 13.8 Å². The summed E-state index contributed by atoms with van der Waals surface area (Å²) in [7, 11) is 0. The van der Waals surface area contributed by atoms with E-state index in [9.17, 15) is 9.59 Å². The van der Waals surface area contributed by atoms with Crippen LogP contribution in [-0.4, -0.2) is 55.6 Å². The molecule has 1 saturated heterocycles. The number of urea groups is 1. The minimum Gasteiger partial charge on any atom is -0.338 e. The first kappa shape index (κ1) is 16.9. The topological polar surface area (TPSA) is 73.5 Å². The fourth-order valence-corrected chi connectivity index (χ4v) is 2.35. The van der Waals surface area contributed by atoms with Crippen molar-refractivity contribution < 1.29 is 9.59 Å². The third-order valence-electron chi connectivity index (χ3n) is 3.49. The lowest BCUT2D eigenvalue weighted by molar-refractivity contribution is -0.121. The summed E-state index contributed by atoms with van der Waals surface area (Å²) in [6, 6.07) is 0.0640. The summed E-state index contributed by atoms with van der Waals surface area (Å²) in [4.78, 5) is 25.3. The van der Waals surface area contributed by atoms with Gasteiger partial charge in [-0.3, -0.25) is 15.0 Å². The van der Waals surface area contributed by atoms with Gasteiger partial charge in [0.1, 0.15) is 0 Å². The van der Waals surface area contributed by atoms with Gasteiger partial charge in [0.25, 0.3) is 0 Å². The maximum Gasteiger partial charge on any atom is 0.321 e. The number of hydrogen-bond donors (Lipinski definition) is 3. The zero-order chi connectivity index (χ0) is 14.8. The molecule has 3 N–H and O–H groups in total. The van der Waals surface area contributed by atoms with E-state index in [0.29, 0.717) is 12.6 Å². The van der Waals surface area contributed by atoms with E-state index in [1.54, 1.807) is 0 Å². The molecule has 6 heteroatoms. The van der Waals surface area contributed by atoms with Gasteiger partial charge in [0.2, 0.25) is 5.91 Å². The Morgan fingerprint density at radius 2 is 2.10 bits per heavy atom. The minimum atomic E-state index is -0.399. The lowest BCUT2D eigenvalue weighted by Gasteiger charge is -2.29. The van der Waals surface area contributed by atoms with Crippen LogP contribution in [0.15, 0.2) is 0 Å². The van der Waals surface area contributed by atoms with Crippen LogP contribution in [-0.2, 0) is 4.79 Å². The lowest BCUT2D eigenvalue weighted by Crippen LogP contribution is -2.48. The standard InChI is InChI=1S/C14H28N4O2/c1-3-8-16-14(20)17-13(19)11-18(4-2)10-12-7-5-6-9-15-12/h12,15H,3-11H2,1-2H3,(H2,16,17,19,20). The van der Waals surface area contributed by atoms with Crippen LogP contribution in [0.3, 0.4) is 0 Å². The number of carbonyl (C=O) groups is 2. The molecule has 1 atom stereocenters. The molecular formula is C14H28N4O2. The van der Waals surface area contributed by atoms with Crippen molar-refractivity contribution in [3.8, 4) is 0 Å². The van der Waals surface area contributed by atoms with Crippen LogP contribution >= 0.6 is 0 Å². The van der Waals surface area contributed by atoms with Crippen LogP contribution in [0.5, 0.6) is 0 Å². The third-order valence-corrected chi connectivity index (χ3v) is 3.49. The van der Waals surface area contributed by atoms with E-state index in [0.717, 1.165) is 32.5 Å². The highest BCUT2D eigenvalue weighted by molar-refractivity contribution is 5.95. The highest BCUT2D eigenvalue weighted by Crippen LogP contribution is 2.08. The van der Waals surface area contributed by atoms with Crippen molar-refractivity contribution >= 4 is 11.9 Å². The Bertz CT molecular complexity index is 304. The van der Waals surface area contributed by atoms with E-state index < -0.39 is 6.03 Å². The summed E-state index contributed by atoms with van der Waals surface area (Å²) in [6.45, 7) is 7.60. The van der Waals surface area contributed by atoms with E-state index in [1.165, 1.54) is 12.8 Å². The van der Waals surface area contributed by atoms with Crippen molar-refractivity contribution in [3.63, 3.8) is 0 Å². The molecule has 0 aromatic heterocycles. The Kier molecular flexibility index (Phi) is 8.22. The Hall–Kier alpha value is -1.14. The summed E-state index contributed by atoms with van der Waals surface area (Å²) in [5.41, 5.74) is 0. The fraction of sp³-hybridized carbons (Fsp3) is 0.857. The Morgan fingerprint density at radius 1 is 1.30 bits per heavy atom. The maximum absolute atomic E-state index is 11.8. The van der Waals surface area contributed by atoms with Crippen LogP contribution in [0.4, 0.5) is 4.79 Å². The first-order valence-electron chi connectivity index (χ1n) is 7.69. The van der Waals surface area contributed by atoms with Crippen molar-refractivity contribution in [1.29, 1.82) is 0 Å². The molecule has 6 nitrogen and oxygen atoms in total. The van der Waals surface area contributed by atoms with Gasteiger partial charge in [-0.2, -0.15) is 0 Å². The molecule has 0 spiro atoms. The maximum atomic E-state index is 11.8. The van der Waals surface area contributed by atoms with Crippen LogP contribution in [0.25, 0.3) is 0 Å². The zero-order valence-corrected chi connectivity index (χ0v) is 12.7. The molecule has 1 aliphatic rings. The first-order chi connectivity index (χ1) is 9.65. The van der Waals surface area contributed by atoms with Gasteiger partial charge in [-0.25, -0.2) is 4.79 Å². The van der Waals surface area contributed by atoms with Crippen molar-refractivity contribution in [1.82, 2.24) is 20.9 Å². The number of nitrogens with zero attached hydrogens (tertiary/aromatic N) is 1. The molecule has 1 heterocycles. The van der Waals surface area contributed by atoms with E-state index in [-0.39, 0.29) is 12.5 Å². The number of nitrogens with one attached hydrogen (secondary N) is 3. The summed E-state index contributed by atoms with van der Waals surface area (Å²) >= 11 is 0. The van der Waals surface area contributed by atoms with Gasteiger partial charge in [0, 0.05) is 19.1 Å². The Labute approximate surface area is 121 Å².